The normalized spacial score (nSPS) is 10.8. The lowest BCUT2D eigenvalue weighted by Crippen LogP contribution is -1.96. The summed E-state index contributed by atoms with van der Waals surface area (Å²) in [5.74, 6) is 0. The molecule has 1 aromatic heterocycles. The van der Waals surface area contributed by atoms with Gasteiger partial charge in [0, 0.05) is 17.1 Å². The molecule has 0 aliphatic heterocycles. The van der Waals surface area contributed by atoms with Crippen molar-refractivity contribution in [1.82, 2.24) is 4.98 Å². The summed E-state index contributed by atoms with van der Waals surface area (Å²) >= 11 is 0. The highest BCUT2D eigenvalue weighted by atomic mass is 14.7. The smallest absolute Gasteiger partial charge is 0.0943 e. The van der Waals surface area contributed by atoms with E-state index in [2.05, 4.69) is 53.5 Å². The van der Waals surface area contributed by atoms with Crippen LogP contribution in [0.2, 0.25) is 0 Å². The fraction of sp³-hybridized carbons (Fsp3) is 0. The van der Waals surface area contributed by atoms with Gasteiger partial charge < -0.3 is 5.73 Å². The van der Waals surface area contributed by atoms with Crippen LogP contribution < -0.4 is 5.73 Å². The number of nitrogens with two attached hydrogens (primary N) is 1. The van der Waals surface area contributed by atoms with Crippen molar-refractivity contribution in [2.75, 3.05) is 5.73 Å². The zero-order chi connectivity index (χ0) is 15.6. The van der Waals surface area contributed by atoms with Crippen LogP contribution in [-0.2, 0) is 0 Å². The van der Waals surface area contributed by atoms with E-state index in [0.29, 0.717) is 0 Å². The highest BCUT2D eigenvalue weighted by molar-refractivity contribution is 6.06. The monoisotopic (exact) mass is 296 g/mol. The van der Waals surface area contributed by atoms with E-state index in [1.807, 2.05) is 30.3 Å². The number of anilines is 1. The van der Waals surface area contributed by atoms with Crippen molar-refractivity contribution < 1.29 is 0 Å². The lowest BCUT2D eigenvalue weighted by atomic mass is 9.93. The van der Waals surface area contributed by atoms with Gasteiger partial charge in [-0.3, -0.25) is 4.98 Å². The van der Waals surface area contributed by atoms with E-state index in [4.69, 9.17) is 5.73 Å². The molecule has 0 unspecified atom stereocenters. The minimum absolute atomic E-state index is 0.728. The first-order valence-corrected chi connectivity index (χ1v) is 7.62. The van der Waals surface area contributed by atoms with Crippen LogP contribution in [0.3, 0.4) is 0 Å². The molecular formula is C21H16N2. The van der Waals surface area contributed by atoms with E-state index in [0.717, 1.165) is 33.3 Å². The van der Waals surface area contributed by atoms with Gasteiger partial charge >= 0.3 is 0 Å². The van der Waals surface area contributed by atoms with Gasteiger partial charge in [0.05, 0.1) is 11.2 Å². The molecule has 4 rings (SSSR count). The molecule has 0 spiro atoms. The Kier molecular flexibility index (Phi) is 3.28. The molecule has 1 heterocycles. The van der Waals surface area contributed by atoms with Gasteiger partial charge in [0.1, 0.15) is 0 Å². The largest absolute Gasteiger partial charge is 0.396 e. The van der Waals surface area contributed by atoms with Crippen LogP contribution in [0.25, 0.3) is 33.2 Å². The molecule has 0 fully saturated rings. The zero-order valence-corrected chi connectivity index (χ0v) is 12.6. The minimum atomic E-state index is 0.728. The average molecular weight is 296 g/mol. The summed E-state index contributed by atoms with van der Waals surface area (Å²) in [6.07, 6.45) is 1.79. The maximum absolute atomic E-state index is 6.44. The first-order valence-electron chi connectivity index (χ1n) is 7.62. The second kappa shape index (κ2) is 5.58. The SMILES string of the molecule is Nc1c(-c2ccccc2)cc(-c2ccccc2)c2cccnc12. The van der Waals surface area contributed by atoms with Crippen LogP contribution in [0, 0.1) is 0 Å². The molecule has 4 aromatic rings. The summed E-state index contributed by atoms with van der Waals surface area (Å²) < 4.78 is 0. The number of pyridine rings is 1. The Hall–Kier alpha value is -3.13. The van der Waals surface area contributed by atoms with Gasteiger partial charge in [-0.05, 0) is 28.8 Å². The van der Waals surface area contributed by atoms with Crippen LogP contribution in [0.4, 0.5) is 5.69 Å². The number of rotatable bonds is 2. The lowest BCUT2D eigenvalue weighted by Gasteiger charge is -2.14. The molecule has 2 N–H and O–H groups in total. The summed E-state index contributed by atoms with van der Waals surface area (Å²) in [7, 11) is 0. The van der Waals surface area contributed by atoms with Crippen LogP contribution >= 0.6 is 0 Å². The van der Waals surface area contributed by atoms with Gasteiger partial charge in [-0.25, -0.2) is 0 Å². The molecule has 2 heteroatoms. The van der Waals surface area contributed by atoms with Crippen LogP contribution in [0.1, 0.15) is 0 Å². The highest BCUT2D eigenvalue weighted by Gasteiger charge is 2.13. The summed E-state index contributed by atoms with van der Waals surface area (Å²) in [4.78, 5) is 4.53. The van der Waals surface area contributed by atoms with Crippen LogP contribution in [-0.4, -0.2) is 4.98 Å². The van der Waals surface area contributed by atoms with Crippen molar-refractivity contribution in [2.24, 2.45) is 0 Å². The Bertz CT molecular complexity index is 961. The third kappa shape index (κ3) is 2.34. The van der Waals surface area contributed by atoms with Gasteiger partial charge in [0.2, 0.25) is 0 Å². The highest BCUT2D eigenvalue weighted by Crippen LogP contribution is 2.38. The Balaban J connectivity index is 2.08. The Morgan fingerprint density at radius 2 is 1.26 bits per heavy atom. The fourth-order valence-corrected chi connectivity index (χ4v) is 2.98. The predicted molar refractivity (Wildman–Crippen MR) is 97.0 cm³/mol. The molecule has 0 atom stereocenters. The first kappa shape index (κ1) is 13.5. The van der Waals surface area contributed by atoms with Crippen molar-refractivity contribution in [2.45, 2.75) is 0 Å². The van der Waals surface area contributed by atoms with Gasteiger partial charge in [-0.2, -0.15) is 0 Å². The molecule has 3 aromatic carbocycles. The second-order valence-corrected chi connectivity index (χ2v) is 5.52. The van der Waals surface area contributed by atoms with E-state index in [9.17, 15) is 0 Å². The van der Waals surface area contributed by atoms with Crippen LogP contribution in [0.15, 0.2) is 85.1 Å². The Labute approximate surface area is 135 Å². The minimum Gasteiger partial charge on any atom is -0.396 e. The Morgan fingerprint density at radius 3 is 1.91 bits per heavy atom. The standard InChI is InChI=1S/C21H16N2/c22-20-19(16-10-5-2-6-11-16)14-18(15-8-3-1-4-9-15)17-12-7-13-23-21(17)20/h1-14H,22H2. The summed E-state index contributed by atoms with van der Waals surface area (Å²) in [6, 6.07) is 26.8. The van der Waals surface area contributed by atoms with E-state index in [1.54, 1.807) is 6.20 Å². The number of fused-ring (bicyclic) bond motifs is 1. The molecule has 0 saturated heterocycles. The molecule has 0 aliphatic carbocycles. The summed E-state index contributed by atoms with van der Waals surface area (Å²) in [5, 5.41) is 1.08. The van der Waals surface area contributed by atoms with Crippen molar-refractivity contribution >= 4 is 16.6 Å². The van der Waals surface area contributed by atoms with Gasteiger partial charge in [-0.15, -0.1) is 0 Å². The summed E-state index contributed by atoms with van der Waals surface area (Å²) in [6.45, 7) is 0. The van der Waals surface area contributed by atoms with Crippen molar-refractivity contribution in [3.05, 3.63) is 85.1 Å². The fourth-order valence-electron chi connectivity index (χ4n) is 2.98. The van der Waals surface area contributed by atoms with Crippen molar-refractivity contribution in [3.8, 4) is 22.3 Å². The number of nitrogens with zero attached hydrogens (tertiary/aromatic N) is 1. The third-order valence-corrected chi connectivity index (χ3v) is 4.10. The quantitative estimate of drug-likeness (QED) is 0.519. The third-order valence-electron chi connectivity index (χ3n) is 4.10. The topological polar surface area (TPSA) is 38.9 Å². The molecule has 0 bridgehead atoms. The summed E-state index contributed by atoms with van der Waals surface area (Å²) in [5.41, 5.74) is 12.5. The molecule has 110 valence electrons. The maximum atomic E-state index is 6.44. The molecule has 23 heavy (non-hydrogen) atoms. The van der Waals surface area contributed by atoms with E-state index in [-0.39, 0.29) is 0 Å². The number of aromatic nitrogens is 1. The predicted octanol–water partition coefficient (Wildman–Crippen LogP) is 5.15. The van der Waals surface area contributed by atoms with Gasteiger partial charge in [0.15, 0.2) is 0 Å². The van der Waals surface area contributed by atoms with Gasteiger partial charge in [0.25, 0.3) is 0 Å². The van der Waals surface area contributed by atoms with E-state index >= 15 is 0 Å². The van der Waals surface area contributed by atoms with E-state index in [1.165, 1.54) is 5.56 Å². The first-order chi connectivity index (χ1) is 11.3. The molecule has 0 aliphatic rings. The molecule has 0 amide bonds. The number of benzene rings is 3. The molecule has 2 nitrogen and oxygen atoms in total. The second-order valence-electron chi connectivity index (χ2n) is 5.52. The lowest BCUT2D eigenvalue weighted by molar-refractivity contribution is 1.41. The van der Waals surface area contributed by atoms with Gasteiger partial charge in [-0.1, -0.05) is 66.7 Å². The van der Waals surface area contributed by atoms with Crippen molar-refractivity contribution in [3.63, 3.8) is 0 Å². The molecule has 0 saturated carbocycles. The Morgan fingerprint density at radius 1 is 0.652 bits per heavy atom. The van der Waals surface area contributed by atoms with Crippen LogP contribution in [0.5, 0.6) is 0 Å². The van der Waals surface area contributed by atoms with Crippen molar-refractivity contribution in [1.29, 1.82) is 0 Å². The number of hydrogen-bond acceptors (Lipinski definition) is 2. The van der Waals surface area contributed by atoms with E-state index < -0.39 is 0 Å². The number of nitrogen functional groups attached to an aromatic ring is 1. The molecule has 0 radical (unpaired) electrons. The zero-order valence-electron chi connectivity index (χ0n) is 12.6. The maximum Gasteiger partial charge on any atom is 0.0943 e. The average Bonchev–Trinajstić information content (AvgIpc) is 2.64. The molecular weight excluding hydrogens is 280 g/mol. The number of hydrogen-bond donors (Lipinski definition) is 1.